The molecule has 3 aromatic rings. The summed E-state index contributed by atoms with van der Waals surface area (Å²) in [6, 6.07) is 21.2. The van der Waals surface area contributed by atoms with Crippen LogP contribution in [0.3, 0.4) is 0 Å². The van der Waals surface area contributed by atoms with Crippen LogP contribution in [0.25, 0.3) is 0 Å². The van der Waals surface area contributed by atoms with Crippen LogP contribution in [0.15, 0.2) is 77.7 Å². The standard InChI is InChI=1S/C26H26N2O4S/c1-19(29)22-7-4-9-23(18-22)27-26(30)16-13-20-11-14-24(15-12-20)33(31,32)28-17-5-8-21-6-2-3-10-25(21)28/h2-4,6-7,9-12,14-15,18H,5,8,13,16-17H2,1H3,(H,27,30). The minimum absolute atomic E-state index is 0.0609. The number of carbonyl (C=O) groups excluding carboxylic acids is 2. The Morgan fingerprint density at radius 1 is 0.970 bits per heavy atom. The lowest BCUT2D eigenvalue weighted by molar-refractivity contribution is -0.116. The Morgan fingerprint density at radius 2 is 1.73 bits per heavy atom. The molecule has 0 aliphatic carbocycles. The van der Waals surface area contributed by atoms with Crippen LogP contribution in [0.4, 0.5) is 11.4 Å². The van der Waals surface area contributed by atoms with Crippen molar-refractivity contribution in [2.45, 2.75) is 37.5 Å². The zero-order valence-corrected chi connectivity index (χ0v) is 19.3. The van der Waals surface area contributed by atoms with E-state index in [1.54, 1.807) is 48.5 Å². The Bertz CT molecular complexity index is 1280. The number of amides is 1. The average Bonchev–Trinajstić information content (AvgIpc) is 2.83. The number of Topliss-reactive ketones (excluding diaryl/α,β-unsaturated/α-hetero) is 1. The fourth-order valence-corrected chi connectivity index (χ4v) is 5.54. The number of hydrogen-bond donors (Lipinski definition) is 1. The third-order valence-corrected chi connectivity index (χ3v) is 7.60. The summed E-state index contributed by atoms with van der Waals surface area (Å²) in [5, 5.41) is 2.80. The molecule has 170 valence electrons. The summed E-state index contributed by atoms with van der Waals surface area (Å²) in [6.07, 6.45) is 2.39. The van der Waals surface area contributed by atoms with Crippen molar-refractivity contribution >= 4 is 33.1 Å². The van der Waals surface area contributed by atoms with Crippen molar-refractivity contribution in [2.24, 2.45) is 0 Å². The molecular formula is C26H26N2O4S. The average molecular weight is 463 g/mol. The van der Waals surface area contributed by atoms with Gasteiger partial charge in [0.25, 0.3) is 10.0 Å². The Hall–Kier alpha value is -3.45. The van der Waals surface area contributed by atoms with Gasteiger partial charge in [0.1, 0.15) is 0 Å². The lowest BCUT2D eigenvalue weighted by Gasteiger charge is -2.30. The third kappa shape index (κ3) is 5.14. The van der Waals surface area contributed by atoms with Gasteiger partial charge in [-0.25, -0.2) is 8.42 Å². The Kier molecular flexibility index (Phi) is 6.60. The number of rotatable bonds is 7. The van der Waals surface area contributed by atoms with Gasteiger partial charge in [-0.15, -0.1) is 0 Å². The molecule has 0 atom stereocenters. The molecule has 1 aliphatic rings. The van der Waals surface area contributed by atoms with Crippen LogP contribution in [0, 0.1) is 0 Å². The van der Waals surface area contributed by atoms with Gasteiger partial charge < -0.3 is 5.32 Å². The number of sulfonamides is 1. The van der Waals surface area contributed by atoms with Gasteiger partial charge in [-0.3, -0.25) is 13.9 Å². The largest absolute Gasteiger partial charge is 0.326 e. The molecule has 0 radical (unpaired) electrons. The van der Waals surface area contributed by atoms with Crippen molar-refractivity contribution < 1.29 is 18.0 Å². The van der Waals surface area contributed by atoms with Crippen LogP contribution in [-0.4, -0.2) is 26.7 Å². The normalized spacial score (nSPS) is 13.3. The quantitative estimate of drug-likeness (QED) is 0.520. The van der Waals surface area contributed by atoms with Crippen molar-refractivity contribution in [3.8, 4) is 0 Å². The van der Waals surface area contributed by atoms with Gasteiger partial charge in [-0.05, 0) is 67.6 Å². The number of nitrogens with zero attached hydrogens (tertiary/aromatic N) is 1. The van der Waals surface area contributed by atoms with Gasteiger partial charge in [0.15, 0.2) is 5.78 Å². The predicted octanol–water partition coefficient (Wildman–Crippen LogP) is 4.60. The molecule has 0 saturated carbocycles. The Labute approximate surface area is 194 Å². The minimum Gasteiger partial charge on any atom is -0.326 e. The van der Waals surface area contributed by atoms with Crippen molar-refractivity contribution in [1.29, 1.82) is 0 Å². The summed E-state index contributed by atoms with van der Waals surface area (Å²) in [5.41, 5.74) is 3.79. The summed E-state index contributed by atoms with van der Waals surface area (Å²) in [7, 11) is -3.65. The van der Waals surface area contributed by atoms with Crippen molar-refractivity contribution in [3.05, 3.63) is 89.5 Å². The van der Waals surface area contributed by atoms with Gasteiger partial charge in [0, 0.05) is 24.2 Å². The van der Waals surface area contributed by atoms with Gasteiger partial charge in [-0.1, -0.05) is 42.5 Å². The number of fused-ring (bicyclic) bond motifs is 1. The lowest BCUT2D eigenvalue weighted by Crippen LogP contribution is -2.35. The lowest BCUT2D eigenvalue weighted by atomic mass is 10.0. The maximum atomic E-state index is 13.2. The van der Waals surface area contributed by atoms with Crippen LogP contribution in [0.2, 0.25) is 0 Å². The zero-order valence-electron chi connectivity index (χ0n) is 18.5. The van der Waals surface area contributed by atoms with Crippen LogP contribution >= 0.6 is 0 Å². The number of anilines is 2. The summed E-state index contributed by atoms with van der Waals surface area (Å²) >= 11 is 0. The fourth-order valence-electron chi connectivity index (χ4n) is 4.00. The van der Waals surface area contributed by atoms with Crippen LogP contribution < -0.4 is 9.62 Å². The van der Waals surface area contributed by atoms with E-state index in [2.05, 4.69) is 5.32 Å². The van der Waals surface area contributed by atoms with Crippen molar-refractivity contribution in [3.63, 3.8) is 0 Å². The summed E-state index contributed by atoms with van der Waals surface area (Å²) in [4.78, 5) is 24.1. The first-order chi connectivity index (χ1) is 15.8. The molecule has 33 heavy (non-hydrogen) atoms. The first-order valence-electron chi connectivity index (χ1n) is 10.9. The Balaban J connectivity index is 1.40. The van der Waals surface area contributed by atoms with Crippen molar-refractivity contribution in [1.82, 2.24) is 0 Å². The molecule has 0 spiro atoms. The molecule has 0 unspecified atom stereocenters. The number of aryl methyl sites for hydroxylation is 2. The first kappa shape index (κ1) is 22.7. The molecule has 1 heterocycles. The maximum Gasteiger partial charge on any atom is 0.264 e. The molecule has 1 aliphatic heterocycles. The second kappa shape index (κ2) is 9.58. The van der Waals surface area contributed by atoms with Gasteiger partial charge in [-0.2, -0.15) is 0 Å². The highest BCUT2D eigenvalue weighted by molar-refractivity contribution is 7.92. The van der Waals surface area contributed by atoms with E-state index in [1.165, 1.54) is 11.2 Å². The van der Waals surface area contributed by atoms with E-state index in [-0.39, 0.29) is 23.0 Å². The summed E-state index contributed by atoms with van der Waals surface area (Å²) < 4.78 is 28.0. The van der Waals surface area contributed by atoms with E-state index in [4.69, 9.17) is 0 Å². The molecule has 0 fully saturated rings. The molecular weight excluding hydrogens is 436 g/mol. The number of ketones is 1. The number of carbonyl (C=O) groups is 2. The summed E-state index contributed by atoms with van der Waals surface area (Å²) in [6.45, 7) is 1.95. The van der Waals surface area contributed by atoms with E-state index in [0.717, 1.165) is 29.7 Å². The van der Waals surface area contributed by atoms with E-state index in [1.807, 2.05) is 24.3 Å². The first-order valence-corrected chi connectivity index (χ1v) is 12.4. The predicted molar refractivity (Wildman–Crippen MR) is 129 cm³/mol. The monoisotopic (exact) mass is 462 g/mol. The third-order valence-electron chi connectivity index (χ3n) is 5.77. The number of hydrogen-bond acceptors (Lipinski definition) is 4. The highest BCUT2D eigenvalue weighted by Crippen LogP contribution is 2.31. The number of para-hydroxylation sites is 1. The molecule has 3 aromatic carbocycles. The molecule has 0 bridgehead atoms. The van der Waals surface area contributed by atoms with E-state index >= 15 is 0 Å². The highest BCUT2D eigenvalue weighted by atomic mass is 32.2. The van der Waals surface area contributed by atoms with Gasteiger partial charge in [0.05, 0.1) is 10.6 Å². The van der Waals surface area contributed by atoms with Crippen LogP contribution in [0.5, 0.6) is 0 Å². The molecule has 1 N–H and O–H groups in total. The molecule has 4 rings (SSSR count). The molecule has 1 amide bonds. The minimum atomic E-state index is -3.65. The van der Waals surface area contributed by atoms with E-state index in [0.29, 0.717) is 24.2 Å². The topological polar surface area (TPSA) is 83.5 Å². The molecule has 0 saturated heterocycles. The molecule has 0 aromatic heterocycles. The summed E-state index contributed by atoms with van der Waals surface area (Å²) in [5.74, 6) is -0.230. The zero-order chi connectivity index (χ0) is 23.4. The molecule has 6 nitrogen and oxygen atoms in total. The SMILES string of the molecule is CC(=O)c1cccc(NC(=O)CCc2ccc(S(=O)(=O)N3CCCc4ccccc43)cc2)c1. The van der Waals surface area contributed by atoms with Crippen LogP contribution in [0.1, 0.15) is 41.3 Å². The van der Waals surface area contributed by atoms with E-state index in [9.17, 15) is 18.0 Å². The number of nitrogens with one attached hydrogen (secondary N) is 1. The van der Waals surface area contributed by atoms with Crippen molar-refractivity contribution in [2.75, 3.05) is 16.2 Å². The van der Waals surface area contributed by atoms with Gasteiger partial charge in [0.2, 0.25) is 5.91 Å². The second-order valence-corrected chi connectivity index (χ2v) is 10.0. The van der Waals surface area contributed by atoms with E-state index < -0.39 is 10.0 Å². The molecule has 7 heteroatoms. The number of benzene rings is 3. The fraction of sp³-hybridized carbons (Fsp3) is 0.231. The van der Waals surface area contributed by atoms with Crippen LogP contribution in [-0.2, 0) is 27.7 Å². The maximum absolute atomic E-state index is 13.2. The second-order valence-electron chi connectivity index (χ2n) is 8.14. The smallest absolute Gasteiger partial charge is 0.264 e. The van der Waals surface area contributed by atoms with Gasteiger partial charge >= 0.3 is 0 Å². The Morgan fingerprint density at radius 3 is 2.48 bits per heavy atom. The highest BCUT2D eigenvalue weighted by Gasteiger charge is 2.28.